The number of amides is 2. The van der Waals surface area contributed by atoms with Crippen LogP contribution in [0.2, 0.25) is 0 Å². The number of ether oxygens (including phenoxy) is 1. The molecule has 0 bridgehead atoms. The Hall–Kier alpha value is -2.12. The van der Waals surface area contributed by atoms with Crippen molar-refractivity contribution in [1.29, 1.82) is 0 Å². The minimum atomic E-state index is -0.163. The van der Waals surface area contributed by atoms with Gasteiger partial charge < -0.3 is 24.8 Å². The van der Waals surface area contributed by atoms with Gasteiger partial charge in [-0.15, -0.1) is 0 Å². The molecule has 1 N–H and O–H groups in total. The van der Waals surface area contributed by atoms with Crippen LogP contribution in [0.3, 0.4) is 0 Å². The first kappa shape index (κ1) is 19.6. The van der Waals surface area contributed by atoms with E-state index in [1.807, 2.05) is 24.3 Å². The van der Waals surface area contributed by atoms with Crippen molar-refractivity contribution in [2.24, 2.45) is 0 Å². The lowest BCUT2D eigenvalue weighted by Gasteiger charge is -2.34. The first-order valence-electron chi connectivity index (χ1n) is 9.73. The fraction of sp³-hybridized carbons (Fsp3) is 0.600. The third-order valence-corrected chi connectivity index (χ3v) is 5.26. The smallest absolute Gasteiger partial charge is 0.240 e. The predicted octanol–water partition coefficient (Wildman–Crippen LogP) is 1.09. The Labute approximate surface area is 161 Å². The van der Waals surface area contributed by atoms with Crippen molar-refractivity contribution in [3.8, 4) is 0 Å². The summed E-state index contributed by atoms with van der Waals surface area (Å²) in [7, 11) is 2.13. The molecule has 0 saturated carbocycles. The zero-order valence-corrected chi connectivity index (χ0v) is 16.3. The highest BCUT2D eigenvalue weighted by Gasteiger charge is 2.20. The highest BCUT2D eigenvalue weighted by molar-refractivity contribution is 5.97. The Bertz CT molecular complexity index is 635. The fourth-order valence-corrected chi connectivity index (χ4v) is 3.52. The van der Waals surface area contributed by atoms with E-state index in [0.29, 0.717) is 6.54 Å². The first-order chi connectivity index (χ1) is 13.0. The molecule has 148 valence electrons. The summed E-state index contributed by atoms with van der Waals surface area (Å²) < 4.78 is 5.51. The number of nitrogens with one attached hydrogen (secondary N) is 1. The first-order valence-corrected chi connectivity index (χ1v) is 9.73. The molecule has 0 aliphatic carbocycles. The molecule has 2 amide bonds. The molecule has 2 fully saturated rings. The van der Waals surface area contributed by atoms with Crippen LogP contribution in [0.15, 0.2) is 24.3 Å². The second kappa shape index (κ2) is 9.19. The van der Waals surface area contributed by atoms with Gasteiger partial charge in [0, 0.05) is 57.6 Å². The van der Waals surface area contributed by atoms with Gasteiger partial charge in [0.05, 0.1) is 6.10 Å². The summed E-state index contributed by atoms with van der Waals surface area (Å²) in [4.78, 5) is 30.5. The van der Waals surface area contributed by atoms with E-state index in [-0.39, 0.29) is 24.5 Å². The highest BCUT2D eigenvalue weighted by atomic mass is 16.5. The largest absolute Gasteiger partial charge is 0.376 e. The Kier molecular flexibility index (Phi) is 6.68. The lowest BCUT2D eigenvalue weighted by atomic mass is 10.2. The van der Waals surface area contributed by atoms with E-state index in [0.717, 1.165) is 57.0 Å². The number of anilines is 2. The van der Waals surface area contributed by atoms with Gasteiger partial charge in [-0.2, -0.15) is 0 Å². The van der Waals surface area contributed by atoms with Crippen LogP contribution in [0.5, 0.6) is 0 Å². The number of carbonyl (C=O) groups is 2. The Morgan fingerprint density at radius 2 is 1.89 bits per heavy atom. The van der Waals surface area contributed by atoms with Crippen LogP contribution in [0.4, 0.5) is 11.4 Å². The summed E-state index contributed by atoms with van der Waals surface area (Å²) in [5.74, 6) is -0.307. The van der Waals surface area contributed by atoms with Crippen molar-refractivity contribution in [2.45, 2.75) is 25.9 Å². The minimum Gasteiger partial charge on any atom is -0.376 e. The summed E-state index contributed by atoms with van der Waals surface area (Å²) in [6.07, 6.45) is 2.12. The van der Waals surface area contributed by atoms with Crippen LogP contribution in [0.25, 0.3) is 0 Å². The molecule has 1 aromatic carbocycles. The van der Waals surface area contributed by atoms with Crippen molar-refractivity contribution >= 4 is 23.2 Å². The van der Waals surface area contributed by atoms with Crippen LogP contribution in [-0.4, -0.2) is 75.7 Å². The summed E-state index contributed by atoms with van der Waals surface area (Å²) in [6.45, 7) is 6.87. The van der Waals surface area contributed by atoms with Crippen LogP contribution in [-0.2, 0) is 14.3 Å². The van der Waals surface area contributed by atoms with E-state index in [4.69, 9.17) is 4.74 Å². The zero-order chi connectivity index (χ0) is 19.2. The van der Waals surface area contributed by atoms with Gasteiger partial charge in [0.25, 0.3) is 0 Å². The maximum absolute atomic E-state index is 12.3. The minimum absolute atomic E-state index is 0.0237. The molecule has 3 rings (SSSR count). The van der Waals surface area contributed by atoms with E-state index in [1.165, 1.54) is 11.8 Å². The van der Waals surface area contributed by atoms with E-state index < -0.39 is 0 Å². The summed E-state index contributed by atoms with van der Waals surface area (Å²) in [5.41, 5.74) is 1.89. The fourth-order valence-electron chi connectivity index (χ4n) is 3.52. The molecule has 2 aliphatic rings. The molecule has 2 saturated heterocycles. The van der Waals surface area contributed by atoms with Gasteiger partial charge in [-0.1, -0.05) is 0 Å². The second-order valence-corrected chi connectivity index (χ2v) is 7.35. The van der Waals surface area contributed by atoms with Crippen LogP contribution in [0.1, 0.15) is 19.8 Å². The van der Waals surface area contributed by atoms with Gasteiger partial charge in [-0.25, -0.2) is 0 Å². The number of carbonyl (C=O) groups excluding carboxylic acids is 2. The Balaban J connectivity index is 1.57. The third-order valence-electron chi connectivity index (χ3n) is 5.26. The molecule has 7 heteroatoms. The lowest BCUT2D eigenvalue weighted by Crippen LogP contribution is -2.44. The molecule has 2 aliphatic heterocycles. The summed E-state index contributed by atoms with van der Waals surface area (Å²) >= 11 is 0. The van der Waals surface area contributed by atoms with Crippen molar-refractivity contribution in [3.05, 3.63) is 24.3 Å². The zero-order valence-electron chi connectivity index (χ0n) is 16.3. The number of nitrogens with zero attached hydrogens (tertiary/aromatic N) is 3. The average Bonchev–Trinajstić information content (AvgIpc) is 3.19. The summed E-state index contributed by atoms with van der Waals surface area (Å²) in [5, 5.41) is 2.88. The standard InChI is InChI=1S/C20H30N4O3/c1-16(25)24(15-20(26)21-14-19-4-3-13-27-19)18-7-5-17(6-8-18)23-11-9-22(2)10-12-23/h5-8,19H,3-4,9-15H2,1-2H3,(H,21,26). The Morgan fingerprint density at radius 1 is 1.19 bits per heavy atom. The maximum atomic E-state index is 12.3. The van der Waals surface area contributed by atoms with E-state index in [2.05, 4.69) is 22.2 Å². The SMILES string of the molecule is CC(=O)N(CC(=O)NCC1CCCO1)c1ccc(N2CCN(C)CC2)cc1. The molecular formula is C20H30N4O3. The molecule has 0 aromatic heterocycles. The third kappa shape index (κ3) is 5.43. The lowest BCUT2D eigenvalue weighted by molar-refractivity contribution is -0.123. The topological polar surface area (TPSA) is 65.1 Å². The molecular weight excluding hydrogens is 344 g/mol. The molecule has 27 heavy (non-hydrogen) atoms. The van der Waals surface area contributed by atoms with E-state index >= 15 is 0 Å². The van der Waals surface area contributed by atoms with Crippen molar-refractivity contribution in [1.82, 2.24) is 10.2 Å². The molecule has 1 unspecified atom stereocenters. The monoisotopic (exact) mass is 374 g/mol. The van der Waals surface area contributed by atoms with Gasteiger partial charge >= 0.3 is 0 Å². The number of likely N-dealkylation sites (N-methyl/N-ethyl adjacent to an activating group) is 1. The normalized spacial score (nSPS) is 20.5. The number of hydrogen-bond donors (Lipinski definition) is 1. The van der Waals surface area contributed by atoms with Gasteiger partial charge in [-0.05, 0) is 44.2 Å². The van der Waals surface area contributed by atoms with Crippen LogP contribution in [0, 0.1) is 0 Å². The van der Waals surface area contributed by atoms with Gasteiger partial charge in [-0.3, -0.25) is 9.59 Å². The van der Waals surface area contributed by atoms with Gasteiger partial charge in [0.2, 0.25) is 11.8 Å². The average molecular weight is 374 g/mol. The quantitative estimate of drug-likeness (QED) is 0.807. The highest BCUT2D eigenvalue weighted by Crippen LogP contribution is 2.22. The van der Waals surface area contributed by atoms with Crippen molar-refractivity contribution in [3.63, 3.8) is 0 Å². The number of benzene rings is 1. The van der Waals surface area contributed by atoms with Gasteiger partial charge in [0.1, 0.15) is 6.54 Å². The van der Waals surface area contributed by atoms with Crippen molar-refractivity contribution in [2.75, 3.05) is 62.7 Å². The van der Waals surface area contributed by atoms with E-state index in [9.17, 15) is 9.59 Å². The van der Waals surface area contributed by atoms with Crippen LogP contribution >= 0.6 is 0 Å². The molecule has 0 radical (unpaired) electrons. The molecule has 7 nitrogen and oxygen atoms in total. The molecule has 1 aromatic rings. The van der Waals surface area contributed by atoms with Crippen LogP contribution < -0.4 is 15.1 Å². The molecule has 0 spiro atoms. The second-order valence-electron chi connectivity index (χ2n) is 7.35. The predicted molar refractivity (Wildman–Crippen MR) is 106 cm³/mol. The Morgan fingerprint density at radius 3 is 2.48 bits per heavy atom. The number of hydrogen-bond acceptors (Lipinski definition) is 5. The van der Waals surface area contributed by atoms with Crippen molar-refractivity contribution < 1.29 is 14.3 Å². The molecule has 1 atom stereocenters. The summed E-state index contributed by atoms with van der Waals surface area (Å²) in [6, 6.07) is 7.90. The van der Waals surface area contributed by atoms with E-state index in [1.54, 1.807) is 0 Å². The number of piperazine rings is 1. The van der Waals surface area contributed by atoms with Gasteiger partial charge in [0.15, 0.2) is 0 Å². The molecule has 2 heterocycles. The number of rotatable bonds is 6. The maximum Gasteiger partial charge on any atom is 0.240 e.